The molecule has 0 spiro atoms. The molecular weight excluding hydrogens is 574 g/mol. The molecule has 0 unspecified atom stereocenters. The molecule has 8 N–H and O–H groups in total. The molecule has 1 saturated carbocycles. The van der Waals surface area contributed by atoms with E-state index < -0.39 is 41.4 Å². The van der Waals surface area contributed by atoms with E-state index in [0.29, 0.717) is 18.8 Å². The molecule has 2 aromatic rings. The molecular formula is C34H49N5O6. The lowest BCUT2D eigenvalue weighted by molar-refractivity contribution is -0.134. The summed E-state index contributed by atoms with van der Waals surface area (Å²) in [6.45, 7) is 7.19. The summed E-state index contributed by atoms with van der Waals surface area (Å²) in [5, 5.41) is 30.7. The zero-order valence-corrected chi connectivity index (χ0v) is 26.8. The molecule has 0 aromatic heterocycles. The lowest BCUT2D eigenvalue weighted by Crippen LogP contribution is -2.60. The second kappa shape index (κ2) is 16.3. The van der Waals surface area contributed by atoms with Crippen molar-refractivity contribution in [1.82, 2.24) is 21.3 Å². The maximum absolute atomic E-state index is 13.7. The summed E-state index contributed by atoms with van der Waals surface area (Å²) in [7, 11) is 0. The first-order valence-electron chi connectivity index (χ1n) is 15.8. The highest BCUT2D eigenvalue weighted by molar-refractivity contribution is 5.98. The third-order valence-electron chi connectivity index (χ3n) is 8.17. The van der Waals surface area contributed by atoms with E-state index >= 15 is 0 Å². The van der Waals surface area contributed by atoms with Gasteiger partial charge in [-0.05, 0) is 62.3 Å². The van der Waals surface area contributed by atoms with Crippen LogP contribution in [0, 0.1) is 11.8 Å². The van der Waals surface area contributed by atoms with Crippen LogP contribution in [0.25, 0.3) is 0 Å². The third kappa shape index (κ3) is 11.1. The van der Waals surface area contributed by atoms with Gasteiger partial charge in [0, 0.05) is 12.1 Å². The Morgan fingerprint density at radius 1 is 0.911 bits per heavy atom. The molecule has 0 bridgehead atoms. The van der Waals surface area contributed by atoms with Gasteiger partial charge in [-0.25, -0.2) is 0 Å². The lowest BCUT2D eigenvalue weighted by Gasteiger charge is -2.33. The van der Waals surface area contributed by atoms with Gasteiger partial charge in [-0.1, -0.05) is 76.3 Å². The van der Waals surface area contributed by atoms with E-state index in [-0.39, 0.29) is 35.4 Å². The molecule has 11 heteroatoms. The highest BCUT2D eigenvalue weighted by Gasteiger charge is 2.33. The first-order chi connectivity index (χ1) is 21.3. The van der Waals surface area contributed by atoms with Gasteiger partial charge in [0.2, 0.25) is 17.7 Å². The molecule has 45 heavy (non-hydrogen) atoms. The number of aromatic hydroxyl groups is 2. The summed E-state index contributed by atoms with van der Waals surface area (Å²) in [5.41, 5.74) is 6.39. The maximum Gasteiger partial charge on any atom is 0.255 e. The summed E-state index contributed by atoms with van der Waals surface area (Å²) in [6, 6.07) is 10.4. The van der Waals surface area contributed by atoms with E-state index in [1.807, 2.05) is 44.2 Å². The molecule has 0 heterocycles. The number of rotatable bonds is 14. The van der Waals surface area contributed by atoms with Crippen molar-refractivity contribution < 1.29 is 29.4 Å². The summed E-state index contributed by atoms with van der Waals surface area (Å²) >= 11 is 0. The van der Waals surface area contributed by atoms with Gasteiger partial charge in [0.15, 0.2) is 0 Å². The summed E-state index contributed by atoms with van der Waals surface area (Å²) in [6.07, 6.45) is 6.48. The Kier molecular flexibility index (Phi) is 12.8. The third-order valence-corrected chi connectivity index (χ3v) is 8.17. The predicted octanol–water partition coefficient (Wildman–Crippen LogP) is 2.89. The standard InChI is InChI=1S/C34H49N5O6/c1-21(2)29(38-31(43)26(35)20-36-30(42)25-18-24(40)15-16-28(25)41)33(45)37-27(17-22-11-7-5-8-12-22)32(44)39-34(3,4)19-23-13-9-6-10-14-23/h6,9-10,13-16,18,21-22,26-27,29,40-41H,5,7-8,11-12,17,19-20,35H2,1-4H3,(H,36,42)(H,37,45)(H,38,43)(H,39,44)/t26-,27-,29-/m0/s1. The predicted molar refractivity (Wildman–Crippen MR) is 172 cm³/mol. The van der Waals surface area contributed by atoms with E-state index in [1.54, 1.807) is 13.8 Å². The number of phenolic OH excluding ortho intramolecular Hbond substituents is 2. The van der Waals surface area contributed by atoms with Gasteiger partial charge < -0.3 is 37.2 Å². The molecule has 0 aliphatic heterocycles. The van der Waals surface area contributed by atoms with Crippen molar-refractivity contribution in [3.63, 3.8) is 0 Å². The maximum atomic E-state index is 13.7. The monoisotopic (exact) mass is 623 g/mol. The number of phenols is 2. The summed E-state index contributed by atoms with van der Waals surface area (Å²) in [5.74, 6) is -2.71. The fourth-order valence-corrected chi connectivity index (χ4v) is 5.71. The minimum Gasteiger partial charge on any atom is -0.508 e. The van der Waals surface area contributed by atoms with Crippen molar-refractivity contribution in [2.24, 2.45) is 17.6 Å². The SMILES string of the molecule is CC(C)[C@H](NC(=O)[C@@H](N)CNC(=O)c1cc(O)ccc1O)C(=O)N[C@@H](CC1CCCCC1)C(=O)NC(C)(C)Cc1ccccc1. The fraction of sp³-hybridized carbons (Fsp3) is 0.529. The molecule has 0 saturated heterocycles. The number of hydrogen-bond donors (Lipinski definition) is 7. The molecule has 1 aliphatic rings. The quantitative estimate of drug-likeness (QED) is 0.158. The zero-order chi connectivity index (χ0) is 33.1. The number of carbonyl (C=O) groups excluding carboxylic acids is 4. The van der Waals surface area contributed by atoms with Crippen molar-refractivity contribution in [3.8, 4) is 11.5 Å². The molecule has 4 amide bonds. The molecule has 3 rings (SSSR count). The molecule has 3 atom stereocenters. The van der Waals surface area contributed by atoms with Gasteiger partial charge in [0.05, 0.1) is 5.56 Å². The van der Waals surface area contributed by atoms with Gasteiger partial charge in [-0.2, -0.15) is 0 Å². The molecule has 1 fully saturated rings. The van der Waals surface area contributed by atoms with Gasteiger partial charge >= 0.3 is 0 Å². The van der Waals surface area contributed by atoms with Crippen LogP contribution in [0.3, 0.4) is 0 Å². The minimum atomic E-state index is -1.21. The number of hydrogen-bond acceptors (Lipinski definition) is 7. The van der Waals surface area contributed by atoms with Gasteiger partial charge in [-0.15, -0.1) is 0 Å². The molecule has 2 aromatic carbocycles. The molecule has 0 radical (unpaired) electrons. The van der Waals surface area contributed by atoms with E-state index in [0.717, 1.165) is 37.3 Å². The van der Waals surface area contributed by atoms with Crippen LogP contribution in [-0.2, 0) is 20.8 Å². The number of benzene rings is 2. The van der Waals surface area contributed by atoms with Crippen molar-refractivity contribution in [3.05, 3.63) is 59.7 Å². The average molecular weight is 624 g/mol. The smallest absolute Gasteiger partial charge is 0.255 e. The van der Waals surface area contributed by atoms with E-state index in [9.17, 15) is 29.4 Å². The first kappa shape index (κ1) is 35.4. The van der Waals surface area contributed by atoms with Gasteiger partial charge in [0.25, 0.3) is 5.91 Å². The van der Waals surface area contributed by atoms with E-state index in [4.69, 9.17) is 5.73 Å². The van der Waals surface area contributed by atoms with Crippen molar-refractivity contribution >= 4 is 23.6 Å². The van der Waals surface area contributed by atoms with Gasteiger partial charge in [0.1, 0.15) is 29.6 Å². The number of nitrogens with two attached hydrogens (primary N) is 1. The number of amides is 4. The van der Waals surface area contributed by atoms with Crippen LogP contribution in [0.15, 0.2) is 48.5 Å². The second-order valence-corrected chi connectivity index (χ2v) is 13.1. The Hall–Kier alpha value is -4.12. The minimum absolute atomic E-state index is 0.170. The first-order valence-corrected chi connectivity index (χ1v) is 15.8. The van der Waals surface area contributed by atoms with Crippen LogP contribution < -0.4 is 27.0 Å². The Balaban J connectivity index is 1.65. The van der Waals surface area contributed by atoms with Crippen LogP contribution >= 0.6 is 0 Å². The highest BCUT2D eigenvalue weighted by Crippen LogP contribution is 2.28. The van der Waals surface area contributed by atoms with Gasteiger partial charge in [-0.3, -0.25) is 19.2 Å². The van der Waals surface area contributed by atoms with E-state index in [1.165, 1.54) is 18.6 Å². The molecule has 246 valence electrons. The van der Waals surface area contributed by atoms with E-state index in [2.05, 4.69) is 21.3 Å². The Labute approximate surface area is 265 Å². The average Bonchev–Trinajstić information content (AvgIpc) is 2.99. The highest BCUT2D eigenvalue weighted by atomic mass is 16.3. The lowest BCUT2D eigenvalue weighted by atomic mass is 9.84. The van der Waals surface area contributed by atoms with Crippen LogP contribution in [0.5, 0.6) is 11.5 Å². The Morgan fingerprint density at radius 3 is 2.22 bits per heavy atom. The molecule has 11 nitrogen and oxygen atoms in total. The fourth-order valence-electron chi connectivity index (χ4n) is 5.71. The summed E-state index contributed by atoms with van der Waals surface area (Å²) in [4.78, 5) is 52.7. The Morgan fingerprint density at radius 2 is 1.58 bits per heavy atom. The molecule has 1 aliphatic carbocycles. The van der Waals surface area contributed by atoms with Crippen molar-refractivity contribution in [2.75, 3.05) is 6.54 Å². The van der Waals surface area contributed by atoms with Crippen molar-refractivity contribution in [2.45, 2.75) is 96.3 Å². The van der Waals surface area contributed by atoms with Crippen LogP contribution in [0.1, 0.15) is 82.1 Å². The van der Waals surface area contributed by atoms with Crippen LogP contribution in [-0.4, -0.2) is 64.1 Å². The largest absolute Gasteiger partial charge is 0.508 e. The topological polar surface area (TPSA) is 183 Å². The second-order valence-electron chi connectivity index (χ2n) is 13.1. The van der Waals surface area contributed by atoms with Crippen LogP contribution in [0.2, 0.25) is 0 Å². The number of carbonyl (C=O) groups is 4. The Bertz CT molecular complexity index is 1310. The number of nitrogens with one attached hydrogen (secondary N) is 4. The van der Waals surface area contributed by atoms with Crippen LogP contribution in [0.4, 0.5) is 0 Å². The normalized spacial score (nSPS) is 15.9. The zero-order valence-electron chi connectivity index (χ0n) is 26.8. The summed E-state index contributed by atoms with van der Waals surface area (Å²) < 4.78 is 0. The van der Waals surface area contributed by atoms with Crippen molar-refractivity contribution in [1.29, 1.82) is 0 Å².